The molecule has 0 bridgehead atoms. The van der Waals surface area contributed by atoms with E-state index >= 15 is 4.39 Å². The van der Waals surface area contributed by atoms with Crippen molar-refractivity contribution in [3.05, 3.63) is 48.8 Å². The fourth-order valence-corrected chi connectivity index (χ4v) is 6.50. The van der Waals surface area contributed by atoms with Gasteiger partial charge in [0, 0.05) is 5.39 Å². The number of rotatable bonds is 13. The van der Waals surface area contributed by atoms with Gasteiger partial charge in [-0.05, 0) is 31.7 Å². The van der Waals surface area contributed by atoms with E-state index in [1.165, 1.54) is 31.9 Å². The van der Waals surface area contributed by atoms with Gasteiger partial charge in [-0.3, -0.25) is 13.9 Å². The van der Waals surface area contributed by atoms with E-state index in [1.54, 1.807) is 24.3 Å². The van der Waals surface area contributed by atoms with Gasteiger partial charge in [0.25, 0.3) is 0 Å². The average Bonchev–Trinajstić information content (AvgIpc) is 3.52. The second-order valence-electron chi connectivity index (χ2n) is 10.8. The van der Waals surface area contributed by atoms with Crippen LogP contribution in [0.1, 0.15) is 39.8 Å². The van der Waals surface area contributed by atoms with Crippen LogP contribution in [0.25, 0.3) is 21.9 Å². The number of alkyl halides is 1. The van der Waals surface area contributed by atoms with Crippen LogP contribution < -0.4 is 20.1 Å². The van der Waals surface area contributed by atoms with E-state index in [-0.39, 0.29) is 35.3 Å². The summed E-state index contributed by atoms with van der Waals surface area (Å²) in [4.78, 5) is 25.0. The topological polar surface area (TPSA) is 182 Å². The number of esters is 1. The van der Waals surface area contributed by atoms with Crippen LogP contribution in [0.4, 0.5) is 10.3 Å². The number of anilines is 1. The number of nitrogens with zero attached hydrogens (tertiary/aromatic N) is 4. The highest BCUT2D eigenvalue weighted by atomic mass is 31.2. The van der Waals surface area contributed by atoms with Crippen molar-refractivity contribution >= 4 is 41.6 Å². The summed E-state index contributed by atoms with van der Waals surface area (Å²) in [5.41, 5.74) is 4.06. The molecule has 242 valence electrons. The van der Waals surface area contributed by atoms with Crippen molar-refractivity contribution in [1.29, 1.82) is 0 Å². The van der Waals surface area contributed by atoms with Gasteiger partial charge in [-0.15, -0.1) is 0 Å². The van der Waals surface area contributed by atoms with Crippen LogP contribution in [-0.4, -0.2) is 74.8 Å². The standard InChI is InChI=1S/C29H36FN6O8P/c1-5-6-14-41-26(37)17(2)35-45(39,44-20-13-9-11-18-10-7-8-12-19(18)20)42-15-21-23(30)29(3,38)27(43-21)36-16-32-22-24(36)33-28(31)34-25(22)40-4/h7-13,16-17,21,23,27,38H,5-6,14-15H2,1-4H3,(H,35,39)(H2,31,33,34). The number of halogens is 1. The predicted molar refractivity (Wildman–Crippen MR) is 162 cm³/mol. The summed E-state index contributed by atoms with van der Waals surface area (Å²) in [6.07, 6.45) is -2.03. The van der Waals surface area contributed by atoms with Crippen molar-refractivity contribution in [2.45, 2.75) is 63.8 Å². The van der Waals surface area contributed by atoms with Gasteiger partial charge in [0.2, 0.25) is 11.8 Å². The van der Waals surface area contributed by atoms with Crippen molar-refractivity contribution in [3.8, 4) is 11.6 Å². The maximum Gasteiger partial charge on any atom is 0.459 e. The Kier molecular flexibility index (Phi) is 9.56. The summed E-state index contributed by atoms with van der Waals surface area (Å²) in [6, 6.07) is 11.3. The quantitative estimate of drug-likeness (QED) is 0.107. The number of fused-ring (bicyclic) bond motifs is 2. The van der Waals surface area contributed by atoms with Gasteiger partial charge in [-0.1, -0.05) is 49.7 Å². The first-order valence-corrected chi connectivity index (χ1v) is 15.9. The zero-order valence-corrected chi connectivity index (χ0v) is 26.1. The van der Waals surface area contributed by atoms with Crippen LogP contribution in [0.5, 0.6) is 11.6 Å². The fraction of sp³-hybridized carbons (Fsp3) is 0.448. The molecule has 0 radical (unpaired) electrons. The van der Waals surface area contributed by atoms with Crippen molar-refractivity contribution in [1.82, 2.24) is 24.6 Å². The van der Waals surface area contributed by atoms with Crippen LogP contribution in [0.3, 0.4) is 0 Å². The summed E-state index contributed by atoms with van der Waals surface area (Å²) in [6.45, 7) is 4.21. The molecule has 4 aromatic rings. The number of unbranched alkanes of at least 4 members (excludes halogenated alkanes) is 1. The number of carbonyl (C=O) groups excluding carboxylic acids is 1. The summed E-state index contributed by atoms with van der Waals surface area (Å²) in [5.74, 6) is -0.498. The molecule has 0 amide bonds. The Morgan fingerprint density at radius 2 is 2.02 bits per heavy atom. The van der Waals surface area contributed by atoms with Crippen molar-refractivity contribution in [2.24, 2.45) is 0 Å². The molecule has 2 aromatic carbocycles. The lowest BCUT2D eigenvalue weighted by Gasteiger charge is -2.26. The van der Waals surface area contributed by atoms with E-state index in [1.807, 2.05) is 25.1 Å². The van der Waals surface area contributed by atoms with Crippen molar-refractivity contribution < 1.29 is 42.1 Å². The molecule has 3 heterocycles. The average molecular weight is 647 g/mol. The summed E-state index contributed by atoms with van der Waals surface area (Å²) >= 11 is 0. The SMILES string of the molecule is CCCCOC(=O)C(C)NP(=O)(OCC1OC(n2cnc3c(OC)nc(N)nc32)C(C)(O)C1F)Oc1cccc2ccccc12. The van der Waals surface area contributed by atoms with Crippen molar-refractivity contribution in [2.75, 3.05) is 26.1 Å². The molecule has 0 aliphatic carbocycles. The number of nitrogens with one attached hydrogen (secondary N) is 1. The second-order valence-corrected chi connectivity index (χ2v) is 12.5. The number of ether oxygens (including phenoxy) is 3. The monoisotopic (exact) mass is 646 g/mol. The molecule has 5 rings (SSSR count). The molecule has 0 saturated carbocycles. The predicted octanol–water partition coefficient (Wildman–Crippen LogP) is 4.08. The lowest BCUT2D eigenvalue weighted by molar-refractivity contribution is -0.145. The Morgan fingerprint density at radius 1 is 1.27 bits per heavy atom. The number of nitrogen functional groups attached to an aromatic ring is 1. The molecular weight excluding hydrogens is 610 g/mol. The zero-order chi connectivity index (χ0) is 32.4. The largest absolute Gasteiger partial charge is 0.479 e. The third-order valence-electron chi connectivity index (χ3n) is 7.37. The molecule has 14 nitrogen and oxygen atoms in total. The molecule has 6 atom stereocenters. The van der Waals surface area contributed by atoms with E-state index in [2.05, 4.69) is 20.0 Å². The molecule has 1 saturated heterocycles. The Bertz CT molecular complexity index is 1720. The maximum absolute atomic E-state index is 15.8. The number of aromatic nitrogens is 4. The molecule has 1 aliphatic rings. The fourth-order valence-electron chi connectivity index (χ4n) is 4.97. The second kappa shape index (κ2) is 13.2. The van der Waals surface area contributed by atoms with Gasteiger partial charge < -0.3 is 29.6 Å². The minimum Gasteiger partial charge on any atom is -0.479 e. The van der Waals surface area contributed by atoms with Gasteiger partial charge in [0.1, 0.15) is 23.5 Å². The van der Waals surface area contributed by atoms with E-state index < -0.39 is 50.5 Å². The molecule has 4 N–H and O–H groups in total. The minimum absolute atomic E-state index is 0.0884. The third-order valence-corrected chi connectivity index (χ3v) is 9.00. The van der Waals surface area contributed by atoms with Gasteiger partial charge in [-0.25, -0.2) is 13.9 Å². The van der Waals surface area contributed by atoms with Crippen LogP contribution in [-0.2, 0) is 23.4 Å². The smallest absolute Gasteiger partial charge is 0.459 e. The van der Waals surface area contributed by atoms with E-state index in [4.69, 9.17) is 29.0 Å². The number of carbonyl (C=O) groups is 1. The molecule has 45 heavy (non-hydrogen) atoms. The first-order chi connectivity index (χ1) is 21.5. The number of benzene rings is 2. The molecule has 1 fully saturated rings. The molecule has 6 unspecified atom stereocenters. The molecule has 2 aromatic heterocycles. The lowest BCUT2D eigenvalue weighted by atomic mass is 9.98. The summed E-state index contributed by atoms with van der Waals surface area (Å²) < 4.78 is 59.4. The molecular formula is C29H36FN6O8P. The Morgan fingerprint density at radius 3 is 2.78 bits per heavy atom. The third kappa shape index (κ3) is 6.72. The molecule has 1 aliphatic heterocycles. The number of nitrogens with two attached hydrogens (primary N) is 1. The Labute approximate surface area is 258 Å². The lowest BCUT2D eigenvalue weighted by Crippen LogP contribution is -2.42. The van der Waals surface area contributed by atoms with Gasteiger partial charge >= 0.3 is 13.7 Å². The van der Waals surface area contributed by atoms with Crippen molar-refractivity contribution in [3.63, 3.8) is 0 Å². The number of hydrogen-bond donors (Lipinski definition) is 3. The van der Waals surface area contributed by atoms with Crippen LogP contribution in [0, 0.1) is 0 Å². The van der Waals surface area contributed by atoms with Crippen LogP contribution >= 0.6 is 7.75 Å². The minimum atomic E-state index is -4.40. The van der Waals surface area contributed by atoms with Gasteiger partial charge in [0.15, 0.2) is 23.6 Å². The molecule has 16 heteroatoms. The number of hydrogen-bond acceptors (Lipinski definition) is 12. The number of aliphatic hydroxyl groups is 1. The first kappa shape index (κ1) is 32.5. The normalized spacial score (nSPS) is 23.6. The maximum atomic E-state index is 15.8. The van der Waals surface area contributed by atoms with E-state index in [0.717, 1.165) is 11.8 Å². The highest BCUT2D eigenvalue weighted by molar-refractivity contribution is 7.52. The summed E-state index contributed by atoms with van der Waals surface area (Å²) in [7, 11) is -3.02. The Hall–Kier alpha value is -3.88. The number of imidazole rings is 1. The van der Waals surface area contributed by atoms with Gasteiger partial charge in [0.05, 0.1) is 26.7 Å². The van der Waals surface area contributed by atoms with Gasteiger partial charge in [-0.2, -0.15) is 15.1 Å². The van der Waals surface area contributed by atoms with Crippen LogP contribution in [0.2, 0.25) is 0 Å². The summed E-state index contributed by atoms with van der Waals surface area (Å²) in [5, 5.41) is 15.3. The van der Waals surface area contributed by atoms with Crippen LogP contribution in [0.15, 0.2) is 48.8 Å². The Balaban J connectivity index is 1.40. The van der Waals surface area contributed by atoms with E-state index in [9.17, 15) is 14.5 Å². The highest BCUT2D eigenvalue weighted by Gasteiger charge is 2.55. The number of methoxy groups -OCH3 is 1. The van der Waals surface area contributed by atoms with E-state index in [0.29, 0.717) is 11.8 Å². The zero-order valence-electron chi connectivity index (χ0n) is 25.3. The molecule has 0 spiro atoms. The highest BCUT2D eigenvalue weighted by Crippen LogP contribution is 2.49. The first-order valence-electron chi connectivity index (χ1n) is 14.4.